The highest BCUT2D eigenvalue weighted by Gasteiger charge is 2.24. The number of nitrogens with zero attached hydrogens (tertiary/aromatic N) is 2. The Morgan fingerprint density at radius 1 is 0.923 bits per heavy atom. The molecule has 1 heterocycles. The molecule has 0 aliphatic heterocycles. The van der Waals surface area contributed by atoms with Gasteiger partial charge in [-0.1, -0.05) is 11.2 Å². The van der Waals surface area contributed by atoms with Crippen molar-refractivity contribution < 1.29 is 17.1 Å². The third-order valence-corrected chi connectivity index (χ3v) is 5.92. The van der Waals surface area contributed by atoms with Crippen molar-refractivity contribution in [3.8, 4) is 17.1 Å². The summed E-state index contributed by atoms with van der Waals surface area (Å²) in [6.07, 6.45) is 0. The topological polar surface area (TPSA) is 82.3 Å². The van der Waals surface area contributed by atoms with Gasteiger partial charge in [0.2, 0.25) is 11.7 Å². The molecule has 0 radical (unpaired) electrons. The fraction of sp³-hybridized carbons (Fsp3) is 0.263. The first kappa shape index (κ1) is 18.1. The van der Waals surface area contributed by atoms with Crippen molar-refractivity contribution in [1.82, 2.24) is 10.1 Å². The van der Waals surface area contributed by atoms with Crippen molar-refractivity contribution >= 4 is 10.1 Å². The predicted octanol–water partition coefficient (Wildman–Crippen LogP) is 4.05. The van der Waals surface area contributed by atoms with Gasteiger partial charge in [0.05, 0.1) is 0 Å². The van der Waals surface area contributed by atoms with Gasteiger partial charge in [-0.2, -0.15) is 13.4 Å². The molecular formula is C19H20N2O4S. The molecule has 2 aromatic carbocycles. The van der Waals surface area contributed by atoms with Gasteiger partial charge < -0.3 is 8.71 Å². The highest BCUT2D eigenvalue weighted by atomic mass is 32.2. The minimum atomic E-state index is -3.94. The van der Waals surface area contributed by atoms with Gasteiger partial charge in [0.25, 0.3) is 0 Å². The van der Waals surface area contributed by atoms with Gasteiger partial charge in [0.15, 0.2) is 0 Å². The van der Waals surface area contributed by atoms with E-state index in [1.807, 2.05) is 19.9 Å². The monoisotopic (exact) mass is 372 g/mol. The lowest BCUT2D eigenvalue weighted by Gasteiger charge is -2.16. The van der Waals surface area contributed by atoms with Crippen LogP contribution in [-0.2, 0) is 10.1 Å². The normalized spacial score (nSPS) is 11.6. The maximum atomic E-state index is 12.8. The fourth-order valence-corrected chi connectivity index (χ4v) is 4.32. The molecule has 0 saturated heterocycles. The van der Waals surface area contributed by atoms with E-state index in [0.717, 1.165) is 11.1 Å². The van der Waals surface area contributed by atoms with E-state index >= 15 is 0 Å². The van der Waals surface area contributed by atoms with Crippen molar-refractivity contribution in [3.05, 3.63) is 58.5 Å². The molecule has 0 N–H and O–H groups in total. The maximum absolute atomic E-state index is 12.8. The van der Waals surface area contributed by atoms with Crippen LogP contribution in [0.5, 0.6) is 5.75 Å². The number of aromatic nitrogens is 2. The highest BCUT2D eigenvalue weighted by molar-refractivity contribution is 7.87. The van der Waals surface area contributed by atoms with Crippen LogP contribution in [0.3, 0.4) is 0 Å². The number of hydrogen-bond donors (Lipinski definition) is 0. The third-order valence-electron chi connectivity index (χ3n) is 4.39. The quantitative estimate of drug-likeness (QED) is 0.643. The van der Waals surface area contributed by atoms with Crippen LogP contribution in [0, 0.1) is 34.6 Å². The second-order valence-corrected chi connectivity index (χ2v) is 7.77. The molecule has 0 aliphatic carbocycles. The van der Waals surface area contributed by atoms with E-state index < -0.39 is 10.1 Å². The van der Waals surface area contributed by atoms with Gasteiger partial charge in [-0.3, -0.25) is 0 Å². The molecule has 1 aromatic heterocycles. The van der Waals surface area contributed by atoms with Gasteiger partial charge in [-0.05, 0) is 74.2 Å². The standard InChI is InChI=1S/C19H20N2O4S/c1-11-10-12(2)14(4)18(13(11)3)26(22,23)25-17-8-6-16(7-9-17)19-20-15(5)24-21-19/h6-10H,1-5H3. The number of hydrogen-bond acceptors (Lipinski definition) is 6. The van der Waals surface area contributed by atoms with E-state index in [9.17, 15) is 8.42 Å². The Hall–Kier alpha value is -2.67. The molecule has 0 amide bonds. The van der Waals surface area contributed by atoms with Crippen molar-refractivity contribution in [3.63, 3.8) is 0 Å². The zero-order chi connectivity index (χ0) is 19.1. The van der Waals surface area contributed by atoms with E-state index in [4.69, 9.17) is 8.71 Å². The zero-order valence-electron chi connectivity index (χ0n) is 15.3. The van der Waals surface area contributed by atoms with Gasteiger partial charge in [0.1, 0.15) is 10.6 Å². The summed E-state index contributed by atoms with van der Waals surface area (Å²) >= 11 is 0. The summed E-state index contributed by atoms with van der Waals surface area (Å²) < 4.78 is 36.0. The van der Waals surface area contributed by atoms with Crippen LogP contribution in [0.2, 0.25) is 0 Å². The lowest BCUT2D eigenvalue weighted by Crippen LogP contribution is -2.14. The van der Waals surface area contributed by atoms with Gasteiger partial charge in [-0.15, -0.1) is 0 Å². The van der Waals surface area contributed by atoms with Crippen LogP contribution in [0.4, 0.5) is 0 Å². The van der Waals surface area contributed by atoms with Gasteiger partial charge in [0, 0.05) is 12.5 Å². The first-order valence-electron chi connectivity index (χ1n) is 8.11. The molecule has 3 rings (SSSR count). The lowest BCUT2D eigenvalue weighted by atomic mass is 10.0. The van der Waals surface area contributed by atoms with E-state index in [0.29, 0.717) is 28.4 Å². The van der Waals surface area contributed by atoms with Crippen molar-refractivity contribution in [2.24, 2.45) is 0 Å². The molecule has 26 heavy (non-hydrogen) atoms. The average molecular weight is 372 g/mol. The van der Waals surface area contributed by atoms with Gasteiger partial charge >= 0.3 is 10.1 Å². The SMILES string of the molecule is Cc1nc(-c2ccc(OS(=O)(=O)c3c(C)c(C)cc(C)c3C)cc2)no1. The Kier molecular flexibility index (Phi) is 4.58. The number of aryl methyl sites for hydroxylation is 3. The summed E-state index contributed by atoms with van der Waals surface area (Å²) in [6.45, 7) is 9.07. The second-order valence-electron chi connectivity index (χ2n) is 6.29. The predicted molar refractivity (Wildman–Crippen MR) is 97.7 cm³/mol. The molecule has 0 fully saturated rings. The summed E-state index contributed by atoms with van der Waals surface area (Å²) in [5.41, 5.74) is 3.94. The lowest BCUT2D eigenvalue weighted by molar-refractivity contribution is 0.394. The minimum Gasteiger partial charge on any atom is -0.379 e. The largest absolute Gasteiger partial charge is 0.379 e. The Balaban J connectivity index is 1.94. The molecule has 6 nitrogen and oxygen atoms in total. The molecule has 7 heteroatoms. The van der Waals surface area contributed by atoms with Gasteiger partial charge in [-0.25, -0.2) is 0 Å². The van der Waals surface area contributed by atoms with Crippen molar-refractivity contribution in [1.29, 1.82) is 0 Å². The fourth-order valence-electron chi connectivity index (χ4n) is 2.80. The Morgan fingerprint density at radius 3 is 2.00 bits per heavy atom. The summed E-state index contributed by atoms with van der Waals surface area (Å²) in [6, 6.07) is 8.51. The van der Waals surface area contributed by atoms with Crippen LogP contribution in [-0.4, -0.2) is 18.6 Å². The van der Waals surface area contributed by atoms with Crippen LogP contribution in [0.25, 0.3) is 11.4 Å². The molecular weight excluding hydrogens is 352 g/mol. The Labute approximate surface area is 153 Å². The molecule has 0 spiro atoms. The second kappa shape index (κ2) is 6.57. The number of benzene rings is 2. The maximum Gasteiger partial charge on any atom is 0.339 e. The molecule has 136 valence electrons. The third kappa shape index (κ3) is 3.35. The summed E-state index contributed by atoms with van der Waals surface area (Å²) in [5.74, 6) is 1.13. The Morgan fingerprint density at radius 2 is 1.50 bits per heavy atom. The van der Waals surface area contributed by atoms with Crippen molar-refractivity contribution in [2.45, 2.75) is 39.5 Å². The number of rotatable bonds is 4. The summed E-state index contributed by atoms with van der Waals surface area (Å²) in [4.78, 5) is 4.37. The molecule has 0 saturated carbocycles. The molecule has 0 bridgehead atoms. The van der Waals surface area contributed by atoms with Crippen LogP contribution < -0.4 is 4.18 Å². The zero-order valence-corrected chi connectivity index (χ0v) is 16.1. The van der Waals surface area contributed by atoms with E-state index in [1.165, 1.54) is 0 Å². The molecule has 0 atom stereocenters. The summed E-state index contributed by atoms with van der Waals surface area (Å²) in [5, 5.41) is 3.84. The molecule has 0 unspecified atom stereocenters. The van der Waals surface area contributed by atoms with E-state index in [-0.39, 0.29) is 10.6 Å². The average Bonchev–Trinajstić information content (AvgIpc) is 3.00. The molecule has 0 aliphatic rings. The summed E-state index contributed by atoms with van der Waals surface area (Å²) in [7, 11) is -3.94. The smallest absolute Gasteiger partial charge is 0.339 e. The van der Waals surface area contributed by atoms with E-state index in [2.05, 4.69) is 10.1 Å². The highest BCUT2D eigenvalue weighted by Crippen LogP contribution is 2.29. The first-order valence-corrected chi connectivity index (χ1v) is 9.52. The Bertz CT molecular complexity index is 1040. The van der Waals surface area contributed by atoms with E-state index in [1.54, 1.807) is 45.0 Å². The first-order chi connectivity index (χ1) is 12.2. The minimum absolute atomic E-state index is 0.229. The molecule has 3 aromatic rings. The van der Waals surface area contributed by atoms with Crippen LogP contribution in [0.15, 0.2) is 39.8 Å². The van der Waals surface area contributed by atoms with Crippen LogP contribution in [0.1, 0.15) is 28.1 Å². The van der Waals surface area contributed by atoms with Crippen LogP contribution >= 0.6 is 0 Å². The van der Waals surface area contributed by atoms with Crippen molar-refractivity contribution in [2.75, 3.05) is 0 Å².